The van der Waals surface area contributed by atoms with Crippen LogP contribution in [0.15, 0.2) is 48.5 Å². The summed E-state index contributed by atoms with van der Waals surface area (Å²) < 4.78 is 0. The van der Waals surface area contributed by atoms with E-state index in [2.05, 4.69) is 29.3 Å². The first-order valence-corrected chi connectivity index (χ1v) is 10.3. The van der Waals surface area contributed by atoms with Crippen molar-refractivity contribution in [1.82, 2.24) is 4.90 Å². The number of rotatable bonds is 4. The number of nitrogens with zero attached hydrogens (tertiary/aromatic N) is 1. The summed E-state index contributed by atoms with van der Waals surface area (Å²) in [7, 11) is 0. The number of likely N-dealkylation sites (tertiary alicyclic amines) is 1. The Morgan fingerprint density at radius 1 is 1.00 bits per heavy atom. The maximum absolute atomic E-state index is 12.4. The van der Waals surface area contributed by atoms with Crippen molar-refractivity contribution >= 4 is 11.6 Å². The largest absolute Gasteiger partial charge is 0.322 e. The van der Waals surface area contributed by atoms with E-state index in [1.54, 1.807) is 0 Å². The zero-order valence-corrected chi connectivity index (χ0v) is 16.4. The average Bonchev–Trinajstić information content (AvgIpc) is 3.31. The lowest BCUT2D eigenvalue weighted by Crippen LogP contribution is -2.35. The van der Waals surface area contributed by atoms with E-state index in [0.29, 0.717) is 11.5 Å². The molecule has 0 bridgehead atoms. The van der Waals surface area contributed by atoms with Crippen molar-refractivity contribution in [3.05, 3.63) is 65.2 Å². The first-order valence-electron chi connectivity index (χ1n) is 10.3. The van der Waals surface area contributed by atoms with Crippen LogP contribution < -0.4 is 5.32 Å². The Morgan fingerprint density at radius 2 is 1.74 bits per heavy atom. The number of hydrogen-bond donors (Lipinski definition) is 1. The van der Waals surface area contributed by atoms with E-state index in [9.17, 15) is 4.79 Å². The molecule has 4 rings (SSSR count). The Hall–Kier alpha value is -2.13. The summed E-state index contributed by atoms with van der Waals surface area (Å²) in [5.41, 5.74) is 4.14. The van der Waals surface area contributed by atoms with Crippen molar-refractivity contribution in [2.24, 2.45) is 0 Å². The molecule has 2 aromatic rings. The predicted molar refractivity (Wildman–Crippen MR) is 111 cm³/mol. The molecule has 2 fully saturated rings. The van der Waals surface area contributed by atoms with E-state index in [4.69, 9.17) is 0 Å². The lowest BCUT2D eigenvalue weighted by molar-refractivity contribution is 0.102. The van der Waals surface area contributed by atoms with Gasteiger partial charge in [-0.2, -0.15) is 0 Å². The van der Waals surface area contributed by atoms with Crippen LogP contribution in [0, 0.1) is 6.92 Å². The van der Waals surface area contributed by atoms with Gasteiger partial charge in [0.2, 0.25) is 0 Å². The zero-order chi connectivity index (χ0) is 18.8. The summed E-state index contributed by atoms with van der Waals surface area (Å²) in [6, 6.07) is 17.7. The van der Waals surface area contributed by atoms with Crippen LogP contribution in [0.4, 0.5) is 5.69 Å². The van der Waals surface area contributed by atoms with Crippen LogP contribution in [0.25, 0.3) is 0 Å². The highest BCUT2D eigenvalue weighted by molar-refractivity contribution is 6.04. The fourth-order valence-electron chi connectivity index (χ4n) is 4.81. The first kappa shape index (κ1) is 18.2. The van der Waals surface area contributed by atoms with Crippen LogP contribution in [0.1, 0.15) is 66.4 Å². The second kappa shape index (κ2) is 7.85. The maximum Gasteiger partial charge on any atom is 0.255 e. The minimum atomic E-state index is -0.0494. The summed E-state index contributed by atoms with van der Waals surface area (Å²) in [5, 5.41) is 3.01. The van der Waals surface area contributed by atoms with Crippen molar-refractivity contribution in [3.8, 4) is 0 Å². The van der Waals surface area contributed by atoms with Crippen molar-refractivity contribution < 1.29 is 4.79 Å². The molecule has 1 heterocycles. The van der Waals surface area contributed by atoms with Crippen molar-refractivity contribution in [2.45, 2.75) is 64.0 Å². The van der Waals surface area contributed by atoms with Gasteiger partial charge < -0.3 is 5.32 Å². The second-order valence-corrected chi connectivity index (χ2v) is 8.34. The van der Waals surface area contributed by atoms with E-state index in [1.807, 2.05) is 43.3 Å². The van der Waals surface area contributed by atoms with Crippen LogP contribution >= 0.6 is 0 Å². The minimum Gasteiger partial charge on any atom is -0.322 e. The number of aryl methyl sites for hydroxylation is 1. The molecule has 1 aliphatic carbocycles. The monoisotopic (exact) mass is 362 g/mol. The summed E-state index contributed by atoms with van der Waals surface area (Å²) in [4.78, 5) is 15.1. The number of carbonyl (C=O) groups is 1. The predicted octanol–water partition coefficient (Wildman–Crippen LogP) is 5.37. The highest BCUT2D eigenvalue weighted by Gasteiger charge is 2.34. The third kappa shape index (κ3) is 4.08. The highest BCUT2D eigenvalue weighted by Crippen LogP contribution is 2.39. The Labute approximate surface area is 162 Å². The molecular weight excluding hydrogens is 332 g/mol. The number of amides is 1. The molecule has 142 valence electrons. The Morgan fingerprint density at radius 3 is 2.41 bits per heavy atom. The summed E-state index contributed by atoms with van der Waals surface area (Å²) in [6.45, 7) is 5.69. The summed E-state index contributed by atoms with van der Waals surface area (Å²) in [6.07, 6.45) is 6.59. The topological polar surface area (TPSA) is 32.3 Å². The zero-order valence-electron chi connectivity index (χ0n) is 16.4. The molecule has 3 atom stereocenters. The van der Waals surface area contributed by atoms with Gasteiger partial charge in [0, 0.05) is 23.3 Å². The third-order valence-corrected chi connectivity index (χ3v) is 6.43. The summed E-state index contributed by atoms with van der Waals surface area (Å²) >= 11 is 0. The molecule has 27 heavy (non-hydrogen) atoms. The molecule has 1 N–H and O–H groups in total. The number of nitrogens with one attached hydrogen (secondary N) is 1. The molecule has 3 nitrogen and oxygen atoms in total. The van der Waals surface area contributed by atoms with E-state index in [0.717, 1.165) is 23.3 Å². The molecule has 1 saturated carbocycles. The van der Waals surface area contributed by atoms with Crippen LogP contribution in [0.3, 0.4) is 0 Å². The molecule has 1 aliphatic heterocycles. The molecule has 1 unspecified atom stereocenters. The van der Waals surface area contributed by atoms with Crippen LogP contribution in [0.5, 0.6) is 0 Å². The summed E-state index contributed by atoms with van der Waals surface area (Å²) in [5.74, 6) is 0.608. The molecule has 0 radical (unpaired) electrons. The van der Waals surface area contributed by atoms with Crippen LogP contribution in [-0.2, 0) is 0 Å². The van der Waals surface area contributed by atoms with Gasteiger partial charge in [-0.15, -0.1) is 0 Å². The quantitative estimate of drug-likeness (QED) is 0.793. The normalized spacial score (nSPS) is 25.6. The highest BCUT2D eigenvalue weighted by atomic mass is 16.1. The molecule has 0 spiro atoms. The van der Waals surface area contributed by atoms with E-state index in [1.165, 1.54) is 44.2 Å². The number of benzene rings is 2. The van der Waals surface area contributed by atoms with Gasteiger partial charge in [-0.05, 0) is 88.2 Å². The standard InChI is InChI=1S/C24H30N2O/c1-17-5-7-20(8-6-17)24(27)25-22-12-9-19(10-13-22)21-11-14-23(16-21)26-15-3-4-18(26)2/h5-10,12-13,18,21,23H,3-4,11,14-16H2,1-2H3,(H,25,27)/t18-,21?,23-/m0/s1. The molecule has 0 aromatic heterocycles. The number of carbonyl (C=O) groups excluding carboxylic acids is 1. The Balaban J connectivity index is 1.36. The Kier molecular flexibility index (Phi) is 5.31. The van der Waals surface area contributed by atoms with E-state index in [-0.39, 0.29) is 5.91 Å². The molecule has 2 aromatic carbocycles. The second-order valence-electron chi connectivity index (χ2n) is 8.34. The van der Waals surface area contributed by atoms with Crippen molar-refractivity contribution in [2.75, 3.05) is 11.9 Å². The van der Waals surface area contributed by atoms with Gasteiger partial charge in [-0.1, -0.05) is 29.8 Å². The number of anilines is 1. The Bertz CT molecular complexity index is 781. The van der Waals surface area contributed by atoms with Crippen molar-refractivity contribution in [1.29, 1.82) is 0 Å². The van der Waals surface area contributed by atoms with Crippen LogP contribution in [-0.4, -0.2) is 29.4 Å². The van der Waals surface area contributed by atoms with Gasteiger partial charge in [0.15, 0.2) is 0 Å². The number of hydrogen-bond acceptors (Lipinski definition) is 2. The minimum absolute atomic E-state index is 0.0494. The smallest absolute Gasteiger partial charge is 0.255 e. The van der Waals surface area contributed by atoms with Gasteiger partial charge in [0.25, 0.3) is 5.91 Å². The van der Waals surface area contributed by atoms with Gasteiger partial charge >= 0.3 is 0 Å². The fraction of sp³-hybridized carbons (Fsp3) is 0.458. The van der Waals surface area contributed by atoms with Gasteiger partial charge in [0.05, 0.1) is 0 Å². The molecular formula is C24H30N2O. The molecule has 3 heteroatoms. The molecule has 1 amide bonds. The van der Waals surface area contributed by atoms with Gasteiger partial charge in [-0.25, -0.2) is 0 Å². The van der Waals surface area contributed by atoms with Gasteiger partial charge in [-0.3, -0.25) is 9.69 Å². The van der Waals surface area contributed by atoms with E-state index >= 15 is 0 Å². The lowest BCUT2D eigenvalue weighted by Gasteiger charge is -2.28. The fourth-order valence-corrected chi connectivity index (χ4v) is 4.81. The van der Waals surface area contributed by atoms with E-state index < -0.39 is 0 Å². The molecule has 1 saturated heterocycles. The average molecular weight is 363 g/mol. The lowest BCUT2D eigenvalue weighted by atomic mass is 9.97. The van der Waals surface area contributed by atoms with Crippen molar-refractivity contribution in [3.63, 3.8) is 0 Å². The first-order chi connectivity index (χ1) is 13.1. The SMILES string of the molecule is Cc1ccc(C(=O)Nc2ccc(C3CC[C@H](N4CCC[C@@H]4C)C3)cc2)cc1. The molecule has 2 aliphatic rings. The van der Waals surface area contributed by atoms with Gasteiger partial charge in [0.1, 0.15) is 0 Å². The van der Waals surface area contributed by atoms with Crippen LogP contribution in [0.2, 0.25) is 0 Å². The third-order valence-electron chi connectivity index (χ3n) is 6.43. The maximum atomic E-state index is 12.4.